The number of benzene rings is 2. The van der Waals surface area contributed by atoms with Gasteiger partial charge in [-0.15, -0.1) is 0 Å². The summed E-state index contributed by atoms with van der Waals surface area (Å²) in [7, 11) is 0. The minimum Gasteiger partial charge on any atom is -0.325 e. The van der Waals surface area contributed by atoms with E-state index in [1.807, 2.05) is 26.0 Å². The molecular formula is C21H27NO. The molecule has 1 atom stereocenters. The molecule has 0 heterocycles. The van der Waals surface area contributed by atoms with Crippen LogP contribution in [0.1, 0.15) is 48.9 Å². The van der Waals surface area contributed by atoms with Gasteiger partial charge in [0.2, 0.25) is 5.91 Å². The smallest absolute Gasteiger partial charge is 0.231 e. The van der Waals surface area contributed by atoms with Crippen LogP contribution in [0.2, 0.25) is 0 Å². The molecule has 0 aliphatic rings. The van der Waals surface area contributed by atoms with Crippen LogP contribution in [0.15, 0.2) is 42.5 Å². The highest BCUT2D eigenvalue weighted by atomic mass is 16.1. The van der Waals surface area contributed by atoms with Gasteiger partial charge in [0.05, 0.1) is 5.92 Å². The van der Waals surface area contributed by atoms with Gasteiger partial charge in [-0.3, -0.25) is 4.79 Å². The molecule has 0 fully saturated rings. The second-order valence-electron chi connectivity index (χ2n) is 6.87. The Bertz CT molecular complexity index is 671. The zero-order chi connectivity index (χ0) is 17.0. The van der Waals surface area contributed by atoms with Crippen molar-refractivity contribution in [2.45, 2.75) is 47.0 Å². The zero-order valence-electron chi connectivity index (χ0n) is 14.8. The largest absolute Gasteiger partial charge is 0.325 e. The van der Waals surface area contributed by atoms with Crippen LogP contribution in [-0.4, -0.2) is 5.91 Å². The van der Waals surface area contributed by atoms with Crippen LogP contribution in [0.5, 0.6) is 0 Å². The van der Waals surface area contributed by atoms with E-state index < -0.39 is 0 Å². The maximum Gasteiger partial charge on any atom is 0.231 e. The normalized spacial score (nSPS) is 12.3. The minimum absolute atomic E-state index is 0.0357. The summed E-state index contributed by atoms with van der Waals surface area (Å²) in [6.07, 6.45) is 1.07. The average Bonchev–Trinajstić information content (AvgIpc) is 2.49. The van der Waals surface area contributed by atoms with Crippen molar-refractivity contribution in [1.29, 1.82) is 0 Å². The van der Waals surface area contributed by atoms with Crippen molar-refractivity contribution < 1.29 is 4.79 Å². The third-order valence-electron chi connectivity index (χ3n) is 4.16. The molecule has 0 spiro atoms. The standard InChI is InChI=1S/C21H27NO/c1-14(2)12-18-7-9-19(10-8-18)17(5)21(23)22-20-11-6-15(3)13-16(20)4/h6-11,13-14,17H,12H2,1-5H3,(H,22,23). The number of hydrogen-bond donors (Lipinski definition) is 1. The lowest BCUT2D eigenvalue weighted by molar-refractivity contribution is -0.117. The monoisotopic (exact) mass is 309 g/mol. The van der Waals surface area contributed by atoms with Gasteiger partial charge in [0.15, 0.2) is 0 Å². The molecule has 2 nitrogen and oxygen atoms in total. The highest BCUT2D eigenvalue weighted by molar-refractivity contribution is 5.96. The molecule has 0 aliphatic carbocycles. The van der Waals surface area contributed by atoms with Gasteiger partial charge in [0.1, 0.15) is 0 Å². The van der Waals surface area contributed by atoms with Crippen LogP contribution < -0.4 is 5.32 Å². The summed E-state index contributed by atoms with van der Waals surface area (Å²) in [5.74, 6) is 0.517. The van der Waals surface area contributed by atoms with Crippen LogP contribution in [0.3, 0.4) is 0 Å². The Balaban J connectivity index is 2.07. The SMILES string of the molecule is Cc1ccc(NC(=O)C(C)c2ccc(CC(C)C)cc2)c(C)c1. The lowest BCUT2D eigenvalue weighted by Gasteiger charge is -2.15. The van der Waals surface area contributed by atoms with Crippen molar-refractivity contribution >= 4 is 11.6 Å². The van der Waals surface area contributed by atoms with Gasteiger partial charge in [-0.25, -0.2) is 0 Å². The molecule has 122 valence electrons. The Morgan fingerprint density at radius 3 is 2.22 bits per heavy atom. The lowest BCUT2D eigenvalue weighted by atomic mass is 9.96. The highest BCUT2D eigenvalue weighted by Gasteiger charge is 2.16. The quantitative estimate of drug-likeness (QED) is 0.803. The van der Waals surface area contributed by atoms with Gasteiger partial charge in [-0.1, -0.05) is 55.8 Å². The first-order valence-electron chi connectivity index (χ1n) is 8.33. The molecule has 0 aliphatic heterocycles. The Hall–Kier alpha value is -2.09. The summed E-state index contributed by atoms with van der Waals surface area (Å²) in [5.41, 5.74) is 5.57. The number of carbonyl (C=O) groups is 1. The van der Waals surface area contributed by atoms with Crippen molar-refractivity contribution in [3.63, 3.8) is 0 Å². The van der Waals surface area contributed by atoms with E-state index in [2.05, 4.69) is 56.4 Å². The van der Waals surface area contributed by atoms with Crippen molar-refractivity contribution in [1.82, 2.24) is 0 Å². The Morgan fingerprint density at radius 2 is 1.65 bits per heavy atom. The maximum absolute atomic E-state index is 12.5. The molecule has 1 unspecified atom stereocenters. The van der Waals surface area contributed by atoms with E-state index in [4.69, 9.17) is 0 Å². The van der Waals surface area contributed by atoms with Crippen molar-refractivity contribution in [2.75, 3.05) is 5.32 Å². The van der Waals surface area contributed by atoms with Crippen LogP contribution in [0.4, 0.5) is 5.69 Å². The highest BCUT2D eigenvalue weighted by Crippen LogP contribution is 2.22. The fourth-order valence-corrected chi connectivity index (χ4v) is 2.76. The first-order valence-corrected chi connectivity index (χ1v) is 8.33. The average molecular weight is 309 g/mol. The summed E-state index contributed by atoms with van der Waals surface area (Å²) in [6.45, 7) is 10.5. The molecule has 0 bridgehead atoms. The van der Waals surface area contributed by atoms with E-state index in [1.165, 1.54) is 11.1 Å². The van der Waals surface area contributed by atoms with Crippen LogP contribution in [0, 0.1) is 19.8 Å². The number of aryl methyl sites for hydroxylation is 2. The summed E-state index contributed by atoms with van der Waals surface area (Å²) in [5, 5.41) is 3.04. The molecule has 1 N–H and O–H groups in total. The number of rotatable bonds is 5. The predicted molar refractivity (Wildman–Crippen MR) is 97.9 cm³/mol. The van der Waals surface area contributed by atoms with Gasteiger partial charge < -0.3 is 5.32 Å². The number of carbonyl (C=O) groups excluding carboxylic acids is 1. The first kappa shape index (κ1) is 17.3. The van der Waals surface area contributed by atoms with Crippen molar-refractivity contribution in [3.8, 4) is 0 Å². The number of anilines is 1. The van der Waals surface area contributed by atoms with Gasteiger partial charge >= 0.3 is 0 Å². The Labute approximate surface area is 139 Å². The molecule has 2 aromatic rings. The molecule has 2 aromatic carbocycles. The molecule has 1 amide bonds. The maximum atomic E-state index is 12.5. The van der Waals surface area contributed by atoms with E-state index in [1.54, 1.807) is 0 Å². The third-order valence-corrected chi connectivity index (χ3v) is 4.16. The van der Waals surface area contributed by atoms with E-state index in [0.717, 1.165) is 23.2 Å². The lowest BCUT2D eigenvalue weighted by Crippen LogP contribution is -2.19. The van der Waals surface area contributed by atoms with Gasteiger partial charge in [0, 0.05) is 5.69 Å². The molecule has 0 radical (unpaired) electrons. The number of hydrogen-bond acceptors (Lipinski definition) is 1. The molecule has 0 aromatic heterocycles. The third kappa shape index (κ3) is 4.69. The van der Waals surface area contributed by atoms with Gasteiger partial charge in [-0.2, -0.15) is 0 Å². The molecule has 23 heavy (non-hydrogen) atoms. The molecule has 2 rings (SSSR count). The van der Waals surface area contributed by atoms with E-state index >= 15 is 0 Å². The summed E-state index contributed by atoms with van der Waals surface area (Å²) in [4.78, 5) is 12.5. The summed E-state index contributed by atoms with van der Waals surface area (Å²) < 4.78 is 0. The Morgan fingerprint density at radius 1 is 1.00 bits per heavy atom. The van der Waals surface area contributed by atoms with Crippen LogP contribution in [0.25, 0.3) is 0 Å². The summed E-state index contributed by atoms with van der Waals surface area (Å²) >= 11 is 0. The van der Waals surface area contributed by atoms with Gasteiger partial charge in [0.25, 0.3) is 0 Å². The zero-order valence-corrected chi connectivity index (χ0v) is 14.8. The predicted octanol–water partition coefficient (Wildman–Crippen LogP) is 5.24. The van der Waals surface area contributed by atoms with Crippen molar-refractivity contribution in [3.05, 3.63) is 64.7 Å². The molecule has 0 saturated carbocycles. The van der Waals surface area contributed by atoms with Crippen molar-refractivity contribution in [2.24, 2.45) is 5.92 Å². The fourth-order valence-electron chi connectivity index (χ4n) is 2.76. The topological polar surface area (TPSA) is 29.1 Å². The van der Waals surface area contributed by atoms with Gasteiger partial charge in [-0.05, 0) is 55.9 Å². The number of nitrogens with one attached hydrogen (secondary N) is 1. The molecule has 2 heteroatoms. The second kappa shape index (κ2) is 7.45. The first-order chi connectivity index (χ1) is 10.9. The second-order valence-corrected chi connectivity index (χ2v) is 6.87. The van der Waals surface area contributed by atoms with Crippen LogP contribution in [-0.2, 0) is 11.2 Å². The van der Waals surface area contributed by atoms with E-state index in [-0.39, 0.29) is 11.8 Å². The van der Waals surface area contributed by atoms with Crippen LogP contribution >= 0.6 is 0 Å². The molecule has 0 saturated heterocycles. The van der Waals surface area contributed by atoms with E-state index in [0.29, 0.717) is 5.92 Å². The minimum atomic E-state index is -0.163. The van der Waals surface area contributed by atoms with E-state index in [9.17, 15) is 4.79 Å². The molecular weight excluding hydrogens is 282 g/mol. The Kier molecular flexibility index (Phi) is 5.59. The number of amides is 1. The fraction of sp³-hybridized carbons (Fsp3) is 0.381. The summed E-state index contributed by atoms with van der Waals surface area (Å²) in [6, 6.07) is 14.5.